The normalized spacial score (nSPS) is 14.9. The molecular formula is C21H25N7O3. The molecule has 0 radical (unpaired) electrons. The number of methoxy groups -OCH3 is 1. The Bertz CT molecular complexity index is 1110. The van der Waals surface area contributed by atoms with Crippen LogP contribution < -0.4 is 15.0 Å². The SMILES string of the molecule is CNC(=O)c1cc(N2CC=C(c3[nH]nc4ncccc34)CC2)nc(O[C@H](C)COC)n1. The van der Waals surface area contributed by atoms with Gasteiger partial charge in [-0.25, -0.2) is 4.98 Å². The molecule has 0 aliphatic carbocycles. The van der Waals surface area contributed by atoms with Crippen LogP contribution in [0.3, 0.4) is 0 Å². The van der Waals surface area contributed by atoms with Crippen molar-refractivity contribution in [2.45, 2.75) is 19.4 Å². The summed E-state index contributed by atoms with van der Waals surface area (Å²) >= 11 is 0. The highest BCUT2D eigenvalue weighted by molar-refractivity contribution is 5.93. The van der Waals surface area contributed by atoms with Gasteiger partial charge in [0.2, 0.25) is 0 Å². The number of anilines is 1. The van der Waals surface area contributed by atoms with Crippen LogP contribution in [0.5, 0.6) is 6.01 Å². The topological polar surface area (TPSA) is 118 Å². The van der Waals surface area contributed by atoms with Gasteiger partial charge in [-0.15, -0.1) is 0 Å². The first-order chi connectivity index (χ1) is 15.1. The van der Waals surface area contributed by atoms with Crippen LogP contribution in [0.1, 0.15) is 29.5 Å². The largest absolute Gasteiger partial charge is 0.458 e. The second-order valence-corrected chi connectivity index (χ2v) is 7.26. The molecule has 1 amide bonds. The first kappa shape index (κ1) is 20.7. The summed E-state index contributed by atoms with van der Waals surface area (Å²) in [5, 5.41) is 11.0. The minimum atomic E-state index is -0.294. The molecule has 0 bridgehead atoms. The monoisotopic (exact) mass is 423 g/mol. The zero-order chi connectivity index (χ0) is 21.8. The van der Waals surface area contributed by atoms with E-state index in [-0.39, 0.29) is 23.7 Å². The number of ether oxygens (including phenoxy) is 2. The van der Waals surface area contributed by atoms with Crippen molar-refractivity contribution in [2.24, 2.45) is 0 Å². The molecule has 0 fully saturated rings. The van der Waals surface area contributed by atoms with E-state index in [0.717, 1.165) is 24.0 Å². The Morgan fingerprint density at radius 2 is 2.26 bits per heavy atom. The van der Waals surface area contributed by atoms with Crippen LogP contribution in [0.15, 0.2) is 30.5 Å². The maximum absolute atomic E-state index is 12.2. The van der Waals surface area contributed by atoms with E-state index in [0.29, 0.717) is 24.6 Å². The van der Waals surface area contributed by atoms with Gasteiger partial charge in [-0.1, -0.05) is 6.08 Å². The average molecular weight is 423 g/mol. The zero-order valence-corrected chi connectivity index (χ0v) is 17.8. The Kier molecular flexibility index (Phi) is 6.08. The van der Waals surface area contributed by atoms with Crippen molar-refractivity contribution in [3.8, 4) is 6.01 Å². The standard InChI is InChI=1S/C21H25N7O3/c1-13(12-30-3)31-21-24-16(20(29)22-2)11-17(25-21)28-9-6-14(7-10-28)18-15-5-4-8-23-19(15)27-26-18/h4-6,8,11,13H,7,9-10,12H2,1-3H3,(H,22,29)(H,23,26,27)/t13-/m1/s1. The van der Waals surface area contributed by atoms with Crippen LogP contribution in [0, 0.1) is 0 Å². The third-order valence-electron chi connectivity index (χ3n) is 5.04. The number of aromatic amines is 1. The van der Waals surface area contributed by atoms with Gasteiger partial charge >= 0.3 is 6.01 Å². The molecule has 162 valence electrons. The second-order valence-electron chi connectivity index (χ2n) is 7.26. The molecule has 1 aliphatic rings. The van der Waals surface area contributed by atoms with Crippen molar-refractivity contribution in [3.63, 3.8) is 0 Å². The Hall–Kier alpha value is -3.53. The van der Waals surface area contributed by atoms with Crippen LogP contribution in [-0.2, 0) is 4.74 Å². The van der Waals surface area contributed by atoms with Gasteiger partial charge in [0.15, 0.2) is 5.65 Å². The molecular weight excluding hydrogens is 398 g/mol. The highest BCUT2D eigenvalue weighted by Gasteiger charge is 2.21. The van der Waals surface area contributed by atoms with Crippen molar-refractivity contribution in [3.05, 3.63) is 41.9 Å². The molecule has 1 atom stereocenters. The van der Waals surface area contributed by atoms with E-state index in [1.54, 1.807) is 26.4 Å². The number of fused-ring (bicyclic) bond motifs is 1. The number of carbonyl (C=O) groups is 1. The van der Waals surface area contributed by atoms with Crippen LogP contribution >= 0.6 is 0 Å². The van der Waals surface area contributed by atoms with E-state index in [9.17, 15) is 4.79 Å². The first-order valence-electron chi connectivity index (χ1n) is 10.1. The number of nitrogens with one attached hydrogen (secondary N) is 2. The summed E-state index contributed by atoms with van der Waals surface area (Å²) in [5.41, 5.74) is 3.14. The number of pyridine rings is 1. The van der Waals surface area contributed by atoms with Crippen LogP contribution in [0.25, 0.3) is 16.6 Å². The predicted octanol–water partition coefficient (Wildman–Crippen LogP) is 1.81. The van der Waals surface area contributed by atoms with Crippen molar-refractivity contribution < 1.29 is 14.3 Å². The number of carbonyl (C=O) groups excluding carboxylic acids is 1. The quantitative estimate of drug-likeness (QED) is 0.591. The summed E-state index contributed by atoms with van der Waals surface area (Å²) < 4.78 is 10.9. The van der Waals surface area contributed by atoms with E-state index >= 15 is 0 Å². The van der Waals surface area contributed by atoms with Crippen molar-refractivity contribution in [1.29, 1.82) is 0 Å². The minimum Gasteiger partial charge on any atom is -0.458 e. The van der Waals surface area contributed by atoms with Gasteiger partial charge in [0.05, 0.1) is 12.3 Å². The van der Waals surface area contributed by atoms with E-state index in [1.807, 2.05) is 19.1 Å². The molecule has 0 unspecified atom stereocenters. The van der Waals surface area contributed by atoms with E-state index in [1.165, 1.54) is 5.57 Å². The molecule has 2 N–H and O–H groups in total. The Morgan fingerprint density at radius 3 is 3.00 bits per heavy atom. The van der Waals surface area contributed by atoms with Gasteiger partial charge in [-0.05, 0) is 31.1 Å². The lowest BCUT2D eigenvalue weighted by Gasteiger charge is -2.27. The maximum atomic E-state index is 12.2. The molecule has 31 heavy (non-hydrogen) atoms. The van der Waals surface area contributed by atoms with Crippen molar-refractivity contribution >= 4 is 28.3 Å². The van der Waals surface area contributed by atoms with Gasteiger partial charge in [-0.3, -0.25) is 9.89 Å². The van der Waals surface area contributed by atoms with Gasteiger partial charge in [0.25, 0.3) is 5.91 Å². The highest BCUT2D eigenvalue weighted by atomic mass is 16.5. The lowest BCUT2D eigenvalue weighted by atomic mass is 10.0. The molecule has 0 saturated carbocycles. The van der Waals surface area contributed by atoms with Gasteiger partial charge in [-0.2, -0.15) is 15.1 Å². The lowest BCUT2D eigenvalue weighted by Crippen LogP contribution is -2.30. The fourth-order valence-corrected chi connectivity index (χ4v) is 3.52. The molecule has 0 saturated heterocycles. The summed E-state index contributed by atoms with van der Waals surface area (Å²) in [6, 6.07) is 5.76. The number of nitrogens with zero attached hydrogens (tertiary/aromatic N) is 5. The maximum Gasteiger partial charge on any atom is 0.319 e. The number of H-pyrrole nitrogens is 1. The van der Waals surface area contributed by atoms with E-state index in [2.05, 4.69) is 41.4 Å². The first-order valence-corrected chi connectivity index (χ1v) is 10.1. The van der Waals surface area contributed by atoms with Crippen LogP contribution in [0.4, 0.5) is 5.82 Å². The minimum absolute atomic E-state index is 0.154. The van der Waals surface area contributed by atoms with Gasteiger partial charge < -0.3 is 19.7 Å². The summed E-state index contributed by atoms with van der Waals surface area (Å²) in [6.07, 6.45) is 4.42. The fraction of sp³-hybridized carbons (Fsp3) is 0.381. The predicted molar refractivity (Wildman–Crippen MR) is 116 cm³/mol. The van der Waals surface area contributed by atoms with Crippen LogP contribution in [0.2, 0.25) is 0 Å². The van der Waals surface area contributed by atoms with Gasteiger partial charge in [0.1, 0.15) is 17.6 Å². The molecule has 10 heteroatoms. The Labute approximate surface area is 179 Å². The van der Waals surface area contributed by atoms with E-state index in [4.69, 9.17) is 9.47 Å². The summed E-state index contributed by atoms with van der Waals surface area (Å²) in [4.78, 5) is 27.4. The molecule has 0 spiro atoms. The zero-order valence-electron chi connectivity index (χ0n) is 17.8. The second kappa shape index (κ2) is 9.09. The molecule has 4 heterocycles. The van der Waals surface area contributed by atoms with Crippen molar-refractivity contribution in [1.82, 2.24) is 30.5 Å². The molecule has 3 aromatic heterocycles. The summed E-state index contributed by atoms with van der Waals surface area (Å²) in [6.45, 7) is 3.61. The molecule has 3 aromatic rings. The average Bonchev–Trinajstić information content (AvgIpc) is 3.23. The highest BCUT2D eigenvalue weighted by Crippen LogP contribution is 2.28. The number of amides is 1. The molecule has 4 rings (SSSR count). The van der Waals surface area contributed by atoms with Crippen molar-refractivity contribution in [2.75, 3.05) is 38.8 Å². The van der Waals surface area contributed by atoms with Gasteiger partial charge in [0, 0.05) is 44.9 Å². The molecule has 10 nitrogen and oxygen atoms in total. The number of rotatable bonds is 7. The Morgan fingerprint density at radius 1 is 1.39 bits per heavy atom. The molecule has 0 aromatic carbocycles. The number of aromatic nitrogens is 5. The smallest absolute Gasteiger partial charge is 0.319 e. The summed E-state index contributed by atoms with van der Waals surface area (Å²) in [7, 11) is 3.17. The third-order valence-corrected chi connectivity index (χ3v) is 5.04. The lowest BCUT2D eigenvalue weighted by molar-refractivity contribution is 0.0844. The number of hydrogen-bond acceptors (Lipinski definition) is 8. The number of hydrogen-bond donors (Lipinski definition) is 2. The fourth-order valence-electron chi connectivity index (χ4n) is 3.52. The third kappa shape index (κ3) is 4.48. The Balaban J connectivity index is 1.58. The van der Waals surface area contributed by atoms with E-state index < -0.39 is 0 Å². The summed E-state index contributed by atoms with van der Waals surface area (Å²) in [5.74, 6) is 0.345. The van der Waals surface area contributed by atoms with Crippen LogP contribution in [-0.4, -0.2) is 71.0 Å². The molecule has 1 aliphatic heterocycles.